The molecule has 1 aliphatic carbocycles. The minimum absolute atomic E-state index is 0.884. The Kier molecular flexibility index (Phi) is 4.36. The van der Waals surface area contributed by atoms with Gasteiger partial charge in [-0.1, -0.05) is 26.2 Å². The first-order valence-corrected chi connectivity index (χ1v) is 7.19. The van der Waals surface area contributed by atoms with Gasteiger partial charge in [-0.05, 0) is 31.7 Å². The third-order valence-electron chi connectivity index (χ3n) is 3.64. The fraction of sp³-hybridized carbons (Fsp3) is 0.769. The zero-order valence-electron chi connectivity index (χ0n) is 10.3. The van der Waals surface area contributed by atoms with E-state index in [9.17, 15) is 0 Å². The van der Waals surface area contributed by atoms with Gasteiger partial charge in [0.05, 0.1) is 0 Å². The van der Waals surface area contributed by atoms with Crippen molar-refractivity contribution in [2.24, 2.45) is 11.8 Å². The third-order valence-corrected chi connectivity index (χ3v) is 4.55. The van der Waals surface area contributed by atoms with E-state index >= 15 is 0 Å². The fourth-order valence-corrected chi connectivity index (χ4v) is 3.30. The number of rotatable bonds is 4. The lowest BCUT2D eigenvalue weighted by Gasteiger charge is -2.28. The maximum absolute atomic E-state index is 4.37. The molecular weight excluding hydrogens is 216 g/mol. The Balaban J connectivity index is 1.71. The van der Waals surface area contributed by atoms with Crippen molar-refractivity contribution in [2.45, 2.75) is 46.1 Å². The lowest BCUT2D eigenvalue weighted by molar-refractivity contribution is 0.247. The molecule has 0 bridgehead atoms. The van der Waals surface area contributed by atoms with Crippen LogP contribution in [0.3, 0.4) is 0 Å². The standard InChI is InChI=1S/C13H22N2S/c1-10-5-3-4-6-12(10)8-14-9-13-15-7-11(2)16-13/h7,10,12,14H,3-6,8-9H2,1-2H3. The minimum Gasteiger partial charge on any atom is -0.310 e. The molecule has 1 aromatic rings. The van der Waals surface area contributed by atoms with E-state index in [1.807, 2.05) is 6.20 Å². The van der Waals surface area contributed by atoms with Gasteiger partial charge in [-0.25, -0.2) is 4.98 Å². The van der Waals surface area contributed by atoms with Gasteiger partial charge < -0.3 is 5.32 Å². The van der Waals surface area contributed by atoms with Crippen LogP contribution in [0.5, 0.6) is 0 Å². The summed E-state index contributed by atoms with van der Waals surface area (Å²) in [4.78, 5) is 5.68. The Morgan fingerprint density at radius 3 is 2.94 bits per heavy atom. The van der Waals surface area contributed by atoms with Gasteiger partial charge in [-0.15, -0.1) is 11.3 Å². The molecule has 16 heavy (non-hydrogen) atoms. The lowest BCUT2D eigenvalue weighted by Crippen LogP contribution is -2.29. The number of aromatic nitrogens is 1. The molecule has 90 valence electrons. The normalized spacial score (nSPS) is 25.9. The van der Waals surface area contributed by atoms with Crippen molar-refractivity contribution < 1.29 is 0 Å². The van der Waals surface area contributed by atoms with Gasteiger partial charge in [0.25, 0.3) is 0 Å². The molecule has 1 saturated carbocycles. The van der Waals surface area contributed by atoms with Crippen LogP contribution >= 0.6 is 11.3 Å². The summed E-state index contributed by atoms with van der Waals surface area (Å²) in [7, 11) is 0. The molecule has 2 rings (SSSR count). The maximum atomic E-state index is 4.37. The summed E-state index contributed by atoms with van der Waals surface area (Å²) in [6, 6.07) is 0. The average Bonchev–Trinajstić information content (AvgIpc) is 2.67. The highest BCUT2D eigenvalue weighted by atomic mass is 32.1. The van der Waals surface area contributed by atoms with E-state index in [-0.39, 0.29) is 0 Å². The van der Waals surface area contributed by atoms with Gasteiger partial charge in [0.1, 0.15) is 5.01 Å². The topological polar surface area (TPSA) is 24.9 Å². The van der Waals surface area contributed by atoms with E-state index in [0.29, 0.717) is 0 Å². The summed E-state index contributed by atoms with van der Waals surface area (Å²) >= 11 is 1.80. The maximum Gasteiger partial charge on any atom is 0.107 e. The Bertz CT molecular complexity index is 321. The predicted octanol–water partition coefficient (Wildman–Crippen LogP) is 3.37. The van der Waals surface area contributed by atoms with Crippen LogP contribution in [0.25, 0.3) is 0 Å². The van der Waals surface area contributed by atoms with Crippen LogP contribution in [0.2, 0.25) is 0 Å². The highest BCUT2D eigenvalue weighted by Gasteiger charge is 2.20. The molecule has 0 saturated heterocycles. The van der Waals surface area contributed by atoms with Gasteiger partial charge in [0.2, 0.25) is 0 Å². The quantitative estimate of drug-likeness (QED) is 0.870. The van der Waals surface area contributed by atoms with E-state index in [4.69, 9.17) is 0 Å². The zero-order chi connectivity index (χ0) is 11.4. The second-order valence-corrected chi connectivity index (χ2v) is 6.34. The summed E-state index contributed by atoms with van der Waals surface area (Å²) in [5.41, 5.74) is 0. The zero-order valence-corrected chi connectivity index (χ0v) is 11.1. The van der Waals surface area contributed by atoms with Crippen LogP contribution in [0, 0.1) is 18.8 Å². The molecule has 0 aliphatic heterocycles. The monoisotopic (exact) mass is 238 g/mol. The molecule has 2 atom stereocenters. The minimum atomic E-state index is 0.884. The summed E-state index contributed by atoms with van der Waals surface area (Å²) in [5.74, 6) is 1.79. The summed E-state index contributed by atoms with van der Waals surface area (Å²) < 4.78 is 0. The van der Waals surface area contributed by atoms with Crippen molar-refractivity contribution in [3.8, 4) is 0 Å². The molecule has 1 N–H and O–H groups in total. The van der Waals surface area contributed by atoms with Crippen molar-refractivity contribution >= 4 is 11.3 Å². The molecule has 2 nitrogen and oxygen atoms in total. The molecule has 0 aromatic carbocycles. The van der Waals surface area contributed by atoms with Crippen LogP contribution < -0.4 is 5.32 Å². The van der Waals surface area contributed by atoms with Crippen molar-refractivity contribution in [1.82, 2.24) is 10.3 Å². The van der Waals surface area contributed by atoms with Crippen LogP contribution in [0.4, 0.5) is 0 Å². The molecule has 3 heteroatoms. The van der Waals surface area contributed by atoms with Crippen LogP contribution in [0.15, 0.2) is 6.20 Å². The van der Waals surface area contributed by atoms with E-state index in [2.05, 4.69) is 24.1 Å². The van der Waals surface area contributed by atoms with Gasteiger partial charge in [-0.3, -0.25) is 0 Å². The van der Waals surface area contributed by atoms with Gasteiger partial charge in [-0.2, -0.15) is 0 Å². The van der Waals surface area contributed by atoms with E-state index in [0.717, 1.165) is 18.4 Å². The highest BCUT2D eigenvalue weighted by Crippen LogP contribution is 2.28. The van der Waals surface area contributed by atoms with Gasteiger partial charge >= 0.3 is 0 Å². The van der Waals surface area contributed by atoms with Gasteiger partial charge in [0, 0.05) is 17.6 Å². The number of nitrogens with zero attached hydrogens (tertiary/aromatic N) is 1. The number of nitrogens with one attached hydrogen (secondary N) is 1. The first kappa shape index (κ1) is 12.1. The molecule has 1 heterocycles. The Morgan fingerprint density at radius 2 is 2.25 bits per heavy atom. The number of thiazole rings is 1. The first-order chi connectivity index (χ1) is 7.75. The second-order valence-electron chi connectivity index (χ2n) is 5.02. The fourth-order valence-electron chi connectivity index (χ4n) is 2.54. The van der Waals surface area contributed by atoms with E-state index in [1.165, 1.54) is 42.1 Å². The number of aryl methyl sites for hydroxylation is 1. The summed E-state index contributed by atoms with van der Waals surface area (Å²) in [6.07, 6.45) is 7.65. The van der Waals surface area contributed by atoms with Crippen LogP contribution in [-0.4, -0.2) is 11.5 Å². The Morgan fingerprint density at radius 1 is 1.44 bits per heavy atom. The average molecular weight is 238 g/mol. The molecular formula is C13H22N2S. The van der Waals surface area contributed by atoms with E-state index in [1.54, 1.807) is 11.3 Å². The Hall–Kier alpha value is -0.410. The molecule has 2 unspecified atom stereocenters. The SMILES string of the molecule is Cc1cnc(CNCC2CCCCC2C)s1. The van der Waals surface area contributed by atoms with Crippen molar-refractivity contribution in [3.05, 3.63) is 16.1 Å². The lowest BCUT2D eigenvalue weighted by atomic mass is 9.80. The molecule has 1 aromatic heterocycles. The predicted molar refractivity (Wildman–Crippen MR) is 69.7 cm³/mol. The second kappa shape index (κ2) is 5.78. The van der Waals surface area contributed by atoms with Crippen LogP contribution in [-0.2, 0) is 6.54 Å². The van der Waals surface area contributed by atoms with Crippen LogP contribution in [0.1, 0.15) is 42.5 Å². The van der Waals surface area contributed by atoms with Crippen molar-refractivity contribution in [1.29, 1.82) is 0 Å². The smallest absolute Gasteiger partial charge is 0.107 e. The largest absolute Gasteiger partial charge is 0.310 e. The first-order valence-electron chi connectivity index (χ1n) is 6.37. The van der Waals surface area contributed by atoms with Crippen molar-refractivity contribution in [3.63, 3.8) is 0 Å². The molecule has 1 aliphatic rings. The number of hydrogen-bond donors (Lipinski definition) is 1. The molecule has 0 amide bonds. The van der Waals surface area contributed by atoms with E-state index < -0.39 is 0 Å². The van der Waals surface area contributed by atoms with Crippen molar-refractivity contribution in [2.75, 3.05) is 6.54 Å². The number of hydrogen-bond acceptors (Lipinski definition) is 3. The molecule has 0 spiro atoms. The van der Waals surface area contributed by atoms with Gasteiger partial charge in [0.15, 0.2) is 0 Å². The third kappa shape index (κ3) is 3.29. The molecule has 0 radical (unpaired) electrons. The Labute approximate surface area is 102 Å². The highest BCUT2D eigenvalue weighted by molar-refractivity contribution is 7.11. The summed E-state index contributed by atoms with van der Waals surface area (Å²) in [5, 5.41) is 4.79. The summed E-state index contributed by atoms with van der Waals surface area (Å²) in [6.45, 7) is 6.63. The molecule has 1 fully saturated rings.